The summed E-state index contributed by atoms with van der Waals surface area (Å²) in [4.78, 5) is 15.3. The highest BCUT2D eigenvalue weighted by Gasteiger charge is 2.20. The molecule has 6 heteroatoms. The Labute approximate surface area is 185 Å². The maximum Gasteiger partial charge on any atom is 0.231 e. The van der Waals surface area contributed by atoms with Gasteiger partial charge in [0.05, 0.1) is 6.54 Å². The molecule has 1 amide bonds. The summed E-state index contributed by atoms with van der Waals surface area (Å²) < 4.78 is 6.00. The van der Waals surface area contributed by atoms with Crippen LogP contribution in [0.25, 0.3) is 10.8 Å². The molecule has 1 saturated heterocycles. The molecule has 1 aliphatic rings. The van der Waals surface area contributed by atoms with Gasteiger partial charge in [-0.1, -0.05) is 36.1 Å². The fourth-order valence-corrected chi connectivity index (χ4v) is 3.65. The van der Waals surface area contributed by atoms with E-state index in [0.29, 0.717) is 13.1 Å². The average molecular weight is 424 g/mol. The van der Waals surface area contributed by atoms with Crippen molar-refractivity contribution in [3.05, 3.63) is 42.0 Å². The Morgan fingerprint density at radius 2 is 1.74 bits per heavy atom. The van der Waals surface area contributed by atoms with Gasteiger partial charge in [0.2, 0.25) is 5.91 Å². The molecule has 1 fully saturated rings. The number of carbonyl (C=O) groups excluding carboxylic acids is 1. The zero-order valence-corrected chi connectivity index (χ0v) is 18.7. The Hall–Kier alpha value is -2.59. The smallest absolute Gasteiger partial charge is 0.231 e. The molecule has 2 aromatic carbocycles. The van der Waals surface area contributed by atoms with E-state index >= 15 is 0 Å². The molecule has 1 heterocycles. The number of piperazine rings is 1. The fraction of sp³-hybridized carbons (Fsp3) is 0.480. The van der Waals surface area contributed by atoms with Gasteiger partial charge in [0.25, 0.3) is 0 Å². The number of primary amides is 1. The van der Waals surface area contributed by atoms with Gasteiger partial charge in [0.1, 0.15) is 18.5 Å². The second-order valence-electron chi connectivity index (χ2n) is 9.16. The summed E-state index contributed by atoms with van der Waals surface area (Å²) in [5.41, 5.74) is 6.18. The molecule has 2 aromatic rings. The summed E-state index contributed by atoms with van der Waals surface area (Å²) in [5.74, 6) is 7.04. The second-order valence-corrected chi connectivity index (χ2v) is 9.16. The number of ether oxygens (including phenoxy) is 1. The number of nitrogens with zero attached hydrogens (tertiary/aromatic N) is 2. The Balaban J connectivity index is 1.60. The first-order valence-electron chi connectivity index (χ1n) is 10.8. The lowest BCUT2D eigenvalue weighted by atomic mass is 9.96. The van der Waals surface area contributed by atoms with Gasteiger partial charge < -0.3 is 15.6 Å². The van der Waals surface area contributed by atoms with Gasteiger partial charge >= 0.3 is 0 Å². The largest absolute Gasteiger partial charge is 0.490 e. The molecular weight excluding hydrogens is 390 g/mol. The minimum absolute atomic E-state index is 0.0638. The number of fused-ring (bicyclic) bond motifs is 1. The van der Waals surface area contributed by atoms with Crippen molar-refractivity contribution >= 4 is 16.7 Å². The van der Waals surface area contributed by atoms with E-state index in [-0.39, 0.29) is 17.9 Å². The molecule has 31 heavy (non-hydrogen) atoms. The van der Waals surface area contributed by atoms with Crippen molar-refractivity contribution in [2.75, 3.05) is 45.9 Å². The molecule has 0 aromatic heterocycles. The van der Waals surface area contributed by atoms with Crippen molar-refractivity contribution in [2.24, 2.45) is 11.1 Å². The number of amides is 1. The monoisotopic (exact) mass is 423 g/mol. The summed E-state index contributed by atoms with van der Waals surface area (Å²) in [5, 5.41) is 12.5. The van der Waals surface area contributed by atoms with Crippen LogP contribution in [0.15, 0.2) is 36.4 Å². The number of rotatable bonds is 7. The van der Waals surface area contributed by atoms with Crippen LogP contribution in [0, 0.1) is 17.3 Å². The van der Waals surface area contributed by atoms with E-state index in [1.807, 2.05) is 35.2 Å². The van der Waals surface area contributed by atoms with Crippen molar-refractivity contribution in [1.29, 1.82) is 0 Å². The quantitative estimate of drug-likeness (QED) is 0.667. The number of hydrogen-bond acceptors (Lipinski definition) is 5. The highest BCUT2D eigenvalue weighted by atomic mass is 16.5. The lowest BCUT2D eigenvalue weighted by molar-refractivity contribution is -0.119. The van der Waals surface area contributed by atoms with Gasteiger partial charge in [-0.3, -0.25) is 14.6 Å². The number of β-amino-alcohol motifs (C(OH)–C–C–N with tert-alkyl or cyclic N) is 1. The third-order valence-corrected chi connectivity index (χ3v) is 5.20. The zero-order valence-electron chi connectivity index (χ0n) is 18.7. The van der Waals surface area contributed by atoms with Crippen molar-refractivity contribution in [3.63, 3.8) is 0 Å². The van der Waals surface area contributed by atoms with Crippen LogP contribution in [-0.2, 0) is 4.79 Å². The van der Waals surface area contributed by atoms with E-state index in [0.717, 1.165) is 48.3 Å². The van der Waals surface area contributed by atoms with Gasteiger partial charge in [0.15, 0.2) is 0 Å². The van der Waals surface area contributed by atoms with Gasteiger partial charge in [0, 0.05) is 54.5 Å². The van der Waals surface area contributed by atoms with Crippen LogP contribution in [0.1, 0.15) is 26.3 Å². The Bertz CT molecular complexity index is 963. The highest BCUT2D eigenvalue weighted by molar-refractivity contribution is 5.93. The van der Waals surface area contributed by atoms with E-state index < -0.39 is 6.10 Å². The second kappa shape index (κ2) is 10.1. The van der Waals surface area contributed by atoms with Crippen LogP contribution in [-0.4, -0.2) is 72.8 Å². The van der Waals surface area contributed by atoms with Crippen LogP contribution in [0.5, 0.6) is 5.75 Å². The van der Waals surface area contributed by atoms with Crippen LogP contribution in [0.3, 0.4) is 0 Å². The van der Waals surface area contributed by atoms with Crippen LogP contribution in [0.4, 0.5) is 0 Å². The molecule has 0 saturated carbocycles. The van der Waals surface area contributed by atoms with E-state index in [1.165, 1.54) is 0 Å². The van der Waals surface area contributed by atoms with Gasteiger partial charge in [-0.05, 0) is 32.9 Å². The number of aliphatic hydroxyl groups is 1. The molecule has 0 radical (unpaired) electrons. The standard InChI is InChI=1S/C25H33N3O3/c1-25(2,3)11-10-19-8-9-23(22-7-5-4-6-21(19)22)31-18-20(29)16-27-12-14-28(15-13-27)17-24(26)30/h4-9,20,29H,12-18H2,1-3H3,(H2,26,30). The van der Waals surface area contributed by atoms with Gasteiger partial charge in [-0.2, -0.15) is 0 Å². The first kappa shape index (κ1) is 23.1. The minimum atomic E-state index is -0.596. The predicted molar refractivity (Wildman–Crippen MR) is 124 cm³/mol. The molecule has 1 atom stereocenters. The third-order valence-electron chi connectivity index (χ3n) is 5.20. The summed E-state index contributed by atoms with van der Waals surface area (Å²) in [6.45, 7) is 10.5. The van der Waals surface area contributed by atoms with Crippen molar-refractivity contribution < 1.29 is 14.6 Å². The van der Waals surface area contributed by atoms with Crippen LogP contribution in [0.2, 0.25) is 0 Å². The zero-order chi connectivity index (χ0) is 22.4. The topological polar surface area (TPSA) is 79.0 Å². The number of carbonyl (C=O) groups is 1. The van der Waals surface area contributed by atoms with Crippen molar-refractivity contribution in [3.8, 4) is 17.6 Å². The summed E-state index contributed by atoms with van der Waals surface area (Å²) >= 11 is 0. The molecule has 3 N–H and O–H groups in total. The van der Waals surface area contributed by atoms with E-state index in [2.05, 4.69) is 43.6 Å². The third kappa shape index (κ3) is 6.96. The summed E-state index contributed by atoms with van der Waals surface area (Å²) in [7, 11) is 0. The van der Waals surface area contributed by atoms with Crippen molar-refractivity contribution in [2.45, 2.75) is 26.9 Å². The maximum absolute atomic E-state index is 11.0. The molecule has 3 rings (SSSR count). The average Bonchev–Trinajstić information content (AvgIpc) is 2.71. The van der Waals surface area contributed by atoms with E-state index in [1.54, 1.807) is 0 Å². The van der Waals surface area contributed by atoms with Gasteiger partial charge in [-0.25, -0.2) is 0 Å². The van der Waals surface area contributed by atoms with E-state index in [9.17, 15) is 9.90 Å². The molecule has 6 nitrogen and oxygen atoms in total. The Kier molecular flexibility index (Phi) is 7.55. The SMILES string of the molecule is CC(C)(C)C#Cc1ccc(OCC(O)CN2CCN(CC(N)=O)CC2)c2ccccc12. The fourth-order valence-electron chi connectivity index (χ4n) is 3.65. The summed E-state index contributed by atoms with van der Waals surface area (Å²) in [6, 6.07) is 12.0. The molecule has 1 unspecified atom stereocenters. The molecule has 0 aliphatic carbocycles. The van der Waals surface area contributed by atoms with Crippen LogP contribution >= 0.6 is 0 Å². The predicted octanol–water partition coefficient (Wildman–Crippen LogP) is 2.08. The number of hydrogen-bond donors (Lipinski definition) is 2. The number of nitrogens with two attached hydrogens (primary N) is 1. The lowest BCUT2D eigenvalue weighted by Gasteiger charge is -2.34. The van der Waals surface area contributed by atoms with Gasteiger partial charge in [-0.15, -0.1) is 0 Å². The maximum atomic E-state index is 11.0. The highest BCUT2D eigenvalue weighted by Crippen LogP contribution is 2.28. The Morgan fingerprint density at radius 3 is 2.39 bits per heavy atom. The lowest BCUT2D eigenvalue weighted by Crippen LogP contribution is -2.50. The normalized spacial score (nSPS) is 16.5. The Morgan fingerprint density at radius 1 is 1.10 bits per heavy atom. The first-order valence-corrected chi connectivity index (χ1v) is 10.8. The number of benzene rings is 2. The molecule has 0 bridgehead atoms. The summed E-state index contributed by atoms with van der Waals surface area (Å²) in [6.07, 6.45) is -0.596. The van der Waals surface area contributed by atoms with E-state index in [4.69, 9.17) is 10.5 Å². The number of aliphatic hydroxyl groups excluding tert-OH is 1. The van der Waals surface area contributed by atoms with Crippen LogP contribution < -0.4 is 10.5 Å². The molecule has 0 spiro atoms. The first-order chi connectivity index (χ1) is 14.7. The molecule has 166 valence electrons. The molecule has 1 aliphatic heterocycles. The molecular formula is C25H33N3O3. The van der Waals surface area contributed by atoms with Crippen molar-refractivity contribution in [1.82, 2.24) is 9.80 Å². The minimum Gasteiger partial charge on any atom is -0.490 e.